The molecule has 3 aromatic carbocycles. The van der Waals surface area contributed by atoms with Gasteiger partial charge in [0, 0.05) is 11.3 Å². The summed E-state index contributed by atoms with van der Waals surface area (Å²) in [6.07, 6.45) is 0. The molecule has 6 nitrogen and oxygen atoms in total. The molecular weight excluding hydrogens is 450 g/mol. The maximum absolute atomic E-state index is 13.0. The van der Waals surface area contributed by atoms with E-state index >= 15 is 0 Å². The van der Waals surface area contributed by atoms with Gasteiger partial charge in [-0.1, -0.05) is 78.3 Å². The molecule has 0 bridgehead atoms. The van der Waals surface area contributed by atoms with E-state index in [0.717, 1.165) is 21.6 Å². The van der Waals surface area contributed by atoms with Crippen molar-refractivity contribution in [3.05, 3.63) is 112 Å². The largest absolute Gasteiger partial charge is 0.349 e. The van der Waals surface area contributed by atoms with Crippen molar-refractivity contribution in [2.75, 3.05) is 5.32 Å². The van der Waals surface area contributed by atoms with Crippen molar-refractivity contribution in [2.45, 2.75) is 26.4 Å². The quantitative estimate of drug-likeness (QED) is 0.477. The van der Waals surface area contributed by atoms with Gasteiger partial charge in [-0.25, -0.2) is 0 Å². The molecule has 0 radical (unpaired) electrons. The smallest absolute Gasteiger partial charge is 0.279 e. The molecule has 0 saturated heterocycles. The van der Waals surface area contributed by atoms with Gasteiger partial charge in [0.05, 0.1) is 12.6 Å². The first kappa shape index (κ1) is 23.3. The molecule has 0 saturated carbocycles. The van der Waals surface area contributed by atoms with Crippen LogP contribution in [0.4, 0.5) is 5.69 Å². The van der Waals surface area contributed by atoms with Crippen LogP contribution in [0.2, 0.25) is 0 Å². The van der Waals surface area contributed by atoms with E-state index in [1.807, 2.05) is 74.5 Å². The Morgan fingerprint density at radius 2 is 1.59 bits per heavy atom. The van der Waals surface area contributed by atoms with Gasteiger partial charge in [0.1, 0.15) is 10.7 Å². The van der Waals surface area contributed by atoms with E-state index in [4.69, 9.17) is 11.6 Å². The third kappa shape index (κ3) is 4.87. The first-order valence-electron chi connectivity index (χ1n) is 10.9. The van der Waals surface area contributed by atoms with Gasteiger partial charge in [0.2, 0.25) is 0 Å². The number of rotatable bonds is 7. The fourth-order valence-electron chi connectivity index (χ4n) is 3.70. The van der Waals surface area contributed by atoms with Crippen LogP contribution in [0.3, 0.4) is 0 Å². The average Bonchev–Trinajstić information content (AvgIpc) is 3.04. The van der Waals surface area contributed by atoms with Crippen molar-refractivity contribution < 1.29 is 14.4 Å². The molecular formula is C27H24ClN3O3. The molecule has 1 atom stereocenters. The van der Waals surface area contributed by atoms with Crippen LogP contribution in [0.25, 0.3) is 0 Å². The molecule has 0 unspecified atom stereocenters. The number of imide groups is 1. The average molecular weight is 474 g/mol. The third-order valence-electron chi connectivity index (χ3n) is 5.70. The minimum Gasteiger partial charge on any atom is -0.349 e. The Labute approximate surface area is 203 Å². The summed E-state index contributed by atoms with van der Waals surface area (Å²) in [6.45, 7) is 3.88. The Morgan fingerprint density at radius 3 is 2.26 bits per heavy atom. The van der Waals surface area contributed by atoms with E-state index in [9.17, 15) is 14.4 Å². The van der Waals surface area contributed by atoms with E-state index in [0.29, 0.717) is 11.3 Å². The zero-order valence-electron chi connectivity index (χ0n) is 18.8. The lowest BCUT2D eigenvalue weighted by Gasteiger charge is -2.17. The molecule has 0 aromatic heterocycles. The number of carbonyl (C=O) groups is 3. The zero-order valence-corrected chi connectivity index (χ0v) is 19.6. The molecule has 1 aliphatic heterocycles. The number of benzene rings is 3. The van der Waals surface area contributed by atoms with Crippen molar-refractivity contribution in [1.29, 1.82) is 0 Å². The van der Waals surface area contributed by atoms with Crippen molar-refractivity contribution in [3.8, 4) is 0 Å². The van der Waals surface area contributed by atoms with Crippen LogP contribution in [0.15, 0.2) is 89.6 Å². The molecule has 0 spiro atoms. The number of aryl methyl sites for hydroxylation is 1. The summed E-state index contributed by atoms with van der Waals surface area (Å²) < 4.78 is 0. The number of halogens is 1. The monoisotopic (exact) mass is 473 g/mol. The van der Waals surface area contributed by atoms with E-state index in [1.165, 1.54) is 0 Å². The summed E-state index contributed by atoms with van der Waals surface area (Å²) in [5.74, 6) is -1.31. The highest BCUT2D eigenvalue weighted by molar-refractivity contribution is 6.48. The van der Waals surface area contributed by atoms with Gasteiger partial charge >= 0.3 is 0 Å². The second-order valence-corrected chi connectivity index (χ2v) is 8.51. The van der Waals surface area contributed by atoms with E-state index < -0.39 is 11.8 Å². The molecule has 1 aliphatic rings. The number of nitrogens with one attached hydrogen (secondary N) is 2. The molecule has 1 heterocycles. The summed E-state index contributed by atoms with van der Waals surface area (Å²) in [7, 11) is 0. The van der Waals surface area contributed by atoms with Gasteiger partial charge in [0.25, 0.3) is 17.7 Å². The minimum atomic E-state index is -0.554. The highest BCUT2D eigenvalue weighted by Gasteiger charge is 2.38. The molecule has 3 amide bonds. The highest BCUT2D eigenvalue weighted by Crippen LogP contribution is 2.29. The predicted octanol–water partition coefficient (Wildman–Crippen LogP) is 4.92. The van der Waals surface area contributed by atoms with Crippen molar-refractivity contribution in [3.63, 3.8) is 0 Å². The van der Waals surface area contributed by atoms with Crippen molar-refractivity contribution >= 4 is 35.0 Å². The number of nitrogens with zero attached hydrogens (tertiary/aromatic N) is 1. The summed E-state index contributed by atoms with van der Waals surface area (Å²) in [4.78, 5) is 39.6. The van der Waals surface area contributed by atoms with E-state index in [-0.39, 0.29) is 29.2 Å². The highest BCUT2D eigenvalue weighted by atomic mass is 35.5. The van der Waals surface area contributed by atoms with Gasteiger partial charge in [-0.05, 0) is 42.7 Å². The number of anilines is 1. The SMILES string of the molecule is Cc1ccc(C(=O)N[C@H](C)c2ccccc2)cc1NC1=C(Cl)C(=O)N(Cc2ccccc2)C1=O. The molecule has 0 fully saturated rings. The summed E-state index contributed by atoms with van der Waals surface area (Å²) >= 11 is 6.25. The molecule has 0 aliphatic carbocycles. The summed E-state index contributed by atoms with van der Waals surface area (Å²) in [5, 5.41) is 5.80. The summed E-state index contributed by atoms with van der Waals surface area (Å²) in [6, 6.07) is 23.8. The Morgan fingerprint density at radius 1 is 0.941 bits per heavy atom. The normalized spacial score (nSPS) is 14.4. The number of amides is 3. The van der Waals surface area contributed by atoms with E-state index in [2.05, 4.69) is 10.6 Å². The van der Waals surface area contributed by atoms with Crippen LogP contribution in [0.5, 0.6) is 0 Å². The van der Waals surface area contributed by atoms with Crippen LogP contribution in [-0.4, -0.2) is 22.6 Å². The van der Waals surface area contributed by atoms with Crippen LogP contribution in [0.1, 0.15) is 40.0 Å². The first-order chi connectivity index (χ1) is 16.3. The molecule has 2 N–H and O–H groups in total. The summed E-state index contributed by atoms with van der Waals surface area (Å²) in [5.41, 5.74) is 3.55. The Kier molecular flexibility index (Phi) is 6.80. The van der Waals surface area contributed by atoms with Crippen LogP contribution >= 0.6 is 11.6 Å². The molecule has 7 heteroatoms. The second-order valence-electron chi connectivity index (χ2n) is 8.13. The van der Waals surface area contributed by atoms with Gasteiger partial charge in [0.15, 0.2) is 0 Å². The lowest BCUT2D eigenvalue weighted by atomic mass is 10.1. The fraction of sp³-hybridized carbons (Fsp3) is 0.148. The number of hydrogen-bond donors (Lipinski definition) is 2. The van der Waals surface area contributed by atoms with Crippen molar-refractivity contribution in [1.82, 2.24) is 10.2 Å². The number of hydrogen-bond acceptors (Lipinski definition) is 4. The molecule has 34 heavy (non-hydrogen) atoms. The first-order valence-corrected chi connectivity index (χ1v) is 11.3. The van der Waals surface area contributed by atoms with Gasteiger partial charge < -0.3 is 10.6 Å². The lowest BCUT2D eigenvalue weighted by Crippen LogP contribution is -2.31. The van der Waals surface area contributed by atoms with E-state index in [1.54, 1.807) is 18.2 Å². The second kappa shape index (κ2) is 9.93. The Hall–Kier alpha value is -3.90. The van der Waals surface area contributed by atoms with Gasteiger partial charge in [-0.15, -0.1) is 0 Å². The standard InChI is InChI=1S/C27H24ClN3O3/c1-17-13-14-21(25(32)29-18(2)20-11-7-4-8-12-20)15-22(17)30-24-23(28)26(33)31(27(24)34)16-19-9-5-3-6-10-19/h3-15,18,30H,16H2,1-2H3,(H,29,32)/t18-/m1/s1. The fourth-order valence-corrected chi connectivity index (χ4v) is 3.93. The minimum absolute atomic E-state index is 0.000842. The van der Waals surface area contributed by atoms with Crippen LogP contribution in [-0.2, 0) is 16.1 Å². The third-order valence-corrected chi connectivity index (χ3v) is 6.05. The number of carbonyl (C=O) groups excluding carboxylic acids is 3. The molecule has 172 valence electrons. The topological polar surface area (TPSA) is 78.5 Å². The van der Waals surface area contributed by atoms with Crippen LogP contribution in [0, 0.1) is 6.92 Å². The van der Waals surface area contributed by atoms with Gasteiger partial charge in [-0.3, -0.25) is 19.3 Å². The predicted molar refractivity (Wildman–Crippen MR) is 132 cm³/mol. The maximum atomic E-state index is 13.0. The lowest BCUT2D eigenvalue weighted by molar-refractivity contribution is -0.138. The van der Waals surface area contributed by atoms with Crippen molar-refractivity contribution in [2.24, 2.45) is 0 Å². The van der Waals surface area contributed by atoms with Gasteiger partial charge in [-0.2, -0.15) is 0 Å². The maximum Gasteiger partial charge on any atom is 0.279 e. The zero-order chi connectivity index (χ0) is 24.2. The van der Waals surface area contributed by atoms with Crippen LogP contribution < -0.4 is 10.6 Å². The molecule has 4 rings (SSSR count). The Bertz CT molecular complexity index is 1270. The molecule has 3 aromatic rings. The Balaban J connectivity index is 1.51.